The number of benzene rings is 1. The van der Waals surface area contributed by atoms with Crippen LogP contribution in [-0.2, 0) is 6.54 Å². The van der Waals surface area contributed by atoms with Crippen molar-refractivity contribution in [1.29, 1.82) is 0 Å². The van der Waals surface area contributed by atoms with E-state index in [1.54, 1.807) is 7.05 Å². The van der Waals surface area contributed by atoms with Crippen molar-refractivity contribution < 1.29 is 4.79 Å². The van der Waals surface area contributed by atoms with Gasteiger partial charge in [0.05, 0.1) is 0 Å². The fraction of sp³-hybridized carbons (Fsp3) is 0.474. The molecule has 2 rings (SSSR count). The molecule has 0 aromatic heterocycles. The molecule has 1 unspecified atom stereocenters. The molecule has 0 heterocycles. The summed E-state index contributed by atoms with van der Waals surface area (Å²) in [7, 11) is 1.77. The number of amides is 1. The Morgan fingerprint density at radius 2 is 2.04 bits per heavy atom. The van der Waals surface area contributed by atoms with E-state index in [4.69, 9.17) is 0 Å². The van der Waals surface area contributed by atoms with Crippen LogP contribution in [0.1, 0.15) is 49.0 Å². The van der Waals surface area contributed by atoms with Crippen molar-refractivity contribution in [3.63, 3.8) is 0 Å². The summed E-state index contributed by atoms with van der Waals surface area (Å²) in [4.78, 5) is 16.5. The minimum Gasteiger partial charge on any atom is -0.353 e. The highest BCUT2D eigenvalue weighted by Gasteiger charge is 2.12. The Morgan fingerprint density at radius 3 is 2.68 bits per heavy atom. The Hall–Kier alpha value is -1.57. The number of nitrogens with one attached hydrogen (secondary N) is 3. The summed E-state index contributed by atoms with van der Waals surface area (Å²) in [6.45, 7) is 4.70. The molecule has 0 aliphatic heterocycles. The van der Waals surface area contributed by atoms with Crippen LogP contribution in [0.5, 0.6) is 0 Å². The third-order valence-electron chi connectivity index (χ3n) is 4.21. The number of rotatable bonds is 6. The third kappa shape index (κ3) is 7.05. The van der Waals surface area contributed by atoms with E-state index in [2.05, 4.69) is 40.0 Å². The first-order valence-electron chi connectivity index (χ1n) is 8.64. The maximum Gasteiger partial charge on any atom is 0.251 e. The van der Waals surface area contributed by atoms with Gasteiger partial charge >= 0.3 is 0 Å². The van der Waals surface area contributed by atoms with Crippen LogP contribution in [0.25, 0.3) is 0 Å². The quantitative estimate of drug-likeness (QED) is 0.267. The molecule has 1 aliphatic carbocycles. The maximum atomic E-state index is 12.2. The van der Waals surface area contributed by atoms with Gasteiger partial charge in [-0.2, -0.15) is 0 Å². The Morgan fingerprint density at radius 1 is 1.32 bits per heavy atom. The lowest BCUT2D eigenvalue weighted by Gasteiger charge is -2.17. The van der Waals surface area contributed by atoms with Gasteiger partial charge in [-0.1, -0.05) is 31.2 Å². The van der Waals surface area contributed by atoms with Crippen LogP contribution in [-0.4, -0.2) is 31.0 Å². The highest BCUT2D eigenvalue weighted by atomic mass is 127. The summed E-state index contributed by atoms with van der Waals surface area (Å²) in [6, 6.07) is 8.30. The van der Waals surface area contributed by atoms with Gasteiger partial charge in [0.25, 0.3) is 5.91 Å². The maximum absolute atomic E-state index is 12.2. The van der Waals surface area contributed by atoms with Gasteiger partial charge in [-0.3, -0.25) is 9.79 Å². The number of halogens is 1. The number of aliphatic imine (C=N–C) groups is 1. The molecule has 0 fully saturated rings. The molecule has 1 atom stereocenters. The zero-order chi connectivity index (χ0) is 17.4. The normalized spacial score (nSPS) is 15.4. The van der Waals surface area contributed by atoms with Crippen LogP contribution in [0, 0.1) is 0 Å². The molecular weight excluding hydrogens is 427 g/mol. The summed E-state index contributed by atoms with van der Waals surface area (Å²) in [5, 5.41) is 9.71. The number of carbonyl (C=O) groups is 1. The van der Waals surface area contributed by atoms with Crippen LogP contribution >= 0.6 is 24.0 Å². The molecule has 138 valence electrons. The Labute approximate surface area is 167 Å². The second-order valence-electron chi connectivity index (χ2n) is 6.19. The van der Waals surface area contributed by atoms with Crippen LogP contribution in [0.3, 0.4) is 0 Å². The van der Waals surface area contributed by atoms with Gasteiger partial charge in [0.1, 0.15) is 0 Å². The Bertz CT molecular complexity index is 607. The zero-order valence-corrected chi connectivity index (χ0v) is 17.5. The molecule has 0 spiro atoms. The van der Waals surface area contributed by atoms with Crippen LogP contribution in [0.2, 0.25) is 0 Å². The van der Waals surface area contributed by atoms with E-state index in [1.807, 2.05) is 31.2 Å². The van der Waals surface area contributed by atoms with Gasteiger partial charge in [0.15, 0.2) is 5.96 Å². The van der Waals surface area contributed by atoms with Crippen molar-refractivity contribution in [1.82, 2.24) is 16.0 Å². The Kier molecular flexibility index (Phi) is 9.55. The monoisotopic (exact) mass is 456 g/mol. The predicted octanol–water partition coefficient (Wildman–Crippen LogP) is 3.22. The number of guanidine groups is 1. The molecule has 25 heavy (non-hydrogen) atoms. The summed E-state index contributed by atoms with van der Waals surface area (Å²) in [5.74, 6) is 0.767. The zero-order valence-electron chi connectivity index (χ0n) is 15.2. The topological polar surface area (TPSA) is 65.5 Å². The van der Waals surface area contributed by atoms with Gasteiger partial charge in [-0.05, 0) is 43.9 Å². The minimum absolute atomic E-state index is 0. The van der Waals surface area contributed by atoms with Crippen molar-refractivity contribution in [2.45, 2.75) is 51.7 Å². The molecule has 5 nitrogen and oxygen atoms in total. The van der Waals surface area contributed by atoms with Crippen molar-refractivity contribution >= 4 is 35.8 Å². The van der Waals surface area contributed by atoms with Gasteiger partial charge in [-0.15, -0.1) is 24.0 Å². The van der Waals surface area contributed by atoms with Crippen molar-refractivity contribution in [2.75, 3.05) is 7.05 Å². The third-order valence-corrected chi connectivity index (χ3v) is 4.21. The van der Waals surface area contributed by atoms with E-state index < -0.39 is 0 Å². The molecule has 1 aromatic carbocycles. The predicted molar refractivity (Wildman–Crippen MR) is 115 cm³/mol. The van der Waals surface area contributed by atoms with Gasteiger partial charge < -0.3 is 16.0 Å². The largest absolute Gasteiger partial charge is 0.353 e. The van der Waals surface area contributed by atoms with Crippen LogP contribution in [0.4, 0.5) is 0 Å². The molecule has 6 heteroatoms. The number of hydrogen-bond acceptors (Lipinski definition) is 2. The van der Waals surface area contributed by atoms with Gasteiger partial charge in [0, 0.05) is 31.2 Å². The van der Waals surface area contributed by atoms with Crippen molar-refractivity contribution in [3.8, 4) is 0 Å². The minimum atomic E-state index is -0.0225. The molecular formula is C19H29IN4O. The summed E-state index contributed by atoms with van der Waals surface area (Å²) >= 11 is 0. The molecule has 3 N–H and O–H groups in total. The average molecular weight is 456 g/mol. The lowest BCUT2D eigenvalue weighted by molar-refractivity contribution is 0.0939. The molecule has 0 saturated heterocycles. The van der Waals surface area contributed by atoms with E-state index >= 15 is 0 Å². The standard InChI is InChI=1S/C19H28N4O.HI/c1-4-14(2)22-18(24)16-9-7-8-15(12-16)13-21-19(20-3)23-17-10-5-6-11-17;/h5-9,12,14,17H,4,10-11,13H2,1-3H3,(H,22,24)(H2,20,21,23);1H. The molecule has 1 aliphatic rings. The SMILES string of the molecule is CCC(C)NC(=O)c1cccc(CNC(=NC)NC2CC=CC2)c1.I. The fourth-order valence-electron chi connectivity index (χ4n) is 2.54. The molecule has 1 amide bonds. The lowest BCUT2D eigenvalue weighted by atomic mass is 10.1. The second kappa shape index (κ2) is 11.1. The smallest absolute Gasteiger partial charge is 0.251 e. The summed E-state index contributed by atoms with van der Waals surface area (Å²) < 4.78 is 0. The Balaban J connectivity index is 0.00000312. The number of nitrogens with zero attached hydrogens (tertiary/aromatic N) is 1. The van der Waals surface area contributed by atoms with E-state index in [0.29, 0.717) is 18.2 Å². The summed E-state index contributed by atoms with van der Waals surface area (Å²) in [6.07, 6.45) is 7.36. The second-order valence-corrected chi connectivity index (χ2v) is 6.19. The van der Waals surface area contributed by atoms with E-state index in [9.17, 15) is 4.79 Å². The number of carbonyl (C=O) groups excluding carboxylic acids is 1. The molecule has 0 saturated carbocycles. The first-order chi connectivity index (χ1) is 11.6. The first-order valence-corrected chi connectivity index (χ1v) is 8.64. The van der Waals surface area contributed by atoms with Crippen molar-refractivity contribution in [2.24, 2.45) is 4.99 Å². The lowest BCUT2D eigenvalue weighted by Crippen LogP contribution is -2.42. The van der Waals surface area contributed by atoms with Crippen LogP contribution in [0.15, 0.2) is 41.4 Å². The fourth-order valence-corrected chi connectivity index (χ4v) is 2.54. The van der Waals surface area contributed by atoms with E-state index in [0.717, 1.165) is 30.8 Å². The number of hydrogen-bond donors (Lipinski definition) is 3. The average Bonchev–Trinajstić information content (AvgIpc) is 3.11. The van der Waals surface area contributed by atoms with Crippen LogP contribution < -0.4 is 16.0 Å². The van der Waals surface area contributed by atoms with Gasteiger partial charge in [0.2, 0.25) is 0 Å². The molecule has 0 bridgehead atoms. The molecule has 0 radical (unpaired) electrons. The molecule has 1 aromatic rings. The van der Waals surface area contributed by atoms with E-state index in [1.165, 1.54) is 0 Å². The highest BCUT2D eigenvalue weighted by Crippen LogP contribution is 2.09. The van der Waals surface area contributed by atoms with Crippen molar-refractivity contribution in [3.05, 3.63) is 47.5 Å². The van der Waals surface area contributed by atoms with Gasteiger partial charge in [-0.25, -0.2) is 0 Å². The van der Waals surface area contributed by atoms with E-state index in [-0.39, 0.29) is 35.9 Å². The first kappa shape index (κ1) is 21.5. The summed E-state index contributed by atoms with van der Waals surface area (Å²) in [5.41, 5.74) is 1.75. The highest BCUT2D eigenvalue weighted by molar-refractivity contribution is 14.0.